The summed E-state index contributed by atoms with van der Waals surface area (Å²) in [4.78, 5) is 58.4. The van der Waals surface area contributed by atoms with Gasteiger partial charge in [-0.25, -0.2) is 4.79 Å². The Morgan fingerprint density at radius 1 is 1.00 bits per heavy atom. The number of nitrogens with one attached hydrogen (secondary N) is 3. The topological polar surface area (TPSA) is 208 Å². The maximum absolute atomic E-state index is 12.3. The number of hydrogen-bond donors (Lipinski definition) is 7. The summed E-state index contributed by atoms with van der Waals surface area (Å²) in [5.41, 5.74) is 6.66. The van der Waals surface area contributed by atoms with Crippen molar-refractivity contribution in [2.75, 3.05) is 6.54 Å². The Hall–Kier alpha value is -3.51. The van der Waals surface area contributed by atoms with Crippen LogP contribution in [0.1, 0.15) is 25.3 Å². The Morgan fingerprint density at radius 3 is 2.16 bits per heavy atom. The van der Waals surface area contributed by atoms with E-state index in [1.54, 1.807) is 24.3 Å². The number of carbonyl (C=O) groups excluding carboxylic acids is 3. The SMILES string of the molecule is CC(O)C(NC(=O)CNC(=O)C(N)Cc1ccccc1)C(=O)NC(CCC(=O)O)C(=O)O. The van der Waals surface area contributed by atoms with E-state index in [9.17, 15) is 29.1 Å². The van der Waals surface area contributed by atoms with E-state index in [4.69, 9.17) is 15.9 Å². The molecule has 0 aliphatic carbocycles. The minimum absolute atomic E-state index is 0.250. The van der Waals surface area contributed by atoms with Gasteiger partial charge < -0.3 is 37.0 Å². The first-order chi connectivity index (χ1) is 15.0. The Morgan fingerprint density at radius 2 is 1.62 bits per heavy atom. The summed E-state index contributed by atoms with van der Waals surface area (Å²) >= 11 is 0. The maximum atomic E-state index is 12.3. The third-order valence-corrected chi connectivity index (χ3v) is 4.40. The van der Waals surface area contributed by atoms with Crippen LogP contribution in [0.25, 0.3) is 0 Å². The number of hydrogen-bond acceptors (Lipinski definition) is 7. The van der Waals surface area contributed by atoms with Crippen LogP contribution < -0.4 is 21.7 Å². The van der Waals surface area contributed by atoms with Gasteiger partial charge in [0, 0.05) is 6.42 Å². The number of rotatable bonds is 13. The van der Waals surface area contributed by atoms with Gasteiger partial charge in [-0.2, -0.15) is 0 Å². The number of amides is 3. The summed E-state index contributed by atoms with van der Waals surface area (Å²) in [5.74, 6) is -5.13. The first kappa shape index (κ1) is 26.5. The predicted molar refractivity (Wildman–Crippen MR) is 111 cm³/mol. The molecule has 32 heavy (non-hydrogen) atoms. The maximum Gasteiger partial charge on any atom is 0.326 e. The molecule has 1 rings (SSSR count). The highest BCUT2D eigenvalue weighted by atomic mass is 16.4. The van der Waals surface area contributed by atoms with Crippen molar-refractivity contribution in [1.29, 1.82) is 0 Å². The van der Waals surface area contributed by atoms with Crippen molar-refractivity contribution in [3.8, 4) is 0 Å². The first-order valence-corrected chi connectivity index (χ1v) is 9.80. The summed E-state index contributed by atoms with van der Waals surface area (Å²) in [6, 6.07) is 5.05. The zero-order valence-electron chi connectivity index (χ0n) is 17.5. The number of carbonyl (C=O) groups is 5. The van der Waals surface area contributed by atoms with Gasteiger partial charge in [0.15, 0.2) is 0 Å². The monoisotopic (exact) mass is 452 g/mol. The van der Waals surface area contributed by atoms with Crippen LogP contribution in [0.3, 0.4) is 0 Å². The van der Waals surface area contributed by atoms with Crippen LogP contribution in [-0.4, -0.2) is 75.8 Å². The zero-order chi connectivity index (χ0) is 24.3. The largest absolute Gasteiger partial charge is 0.481 e. The molecular formula is C20H28N4O8. The van der Waals surface area contributed by atoms with Gasteiger partial charge in [0.05, 0.1) is 18.7 Å². The van der Waals surface area contributed by atoms with Crippen LogP contribution in [0.4, 0.5) is 0 Å². The lowest BCUT2D eigenvalue weighted by molar-refractivity contribution is -0.144. The van der Waals surface area contributed by atoms with Gasteiger partial charge in [-0.3, -0.25) is 19.2 Å². The molecule has 3 amide bonds. The number of aliphatic hydroxyl groups is 1. The molecule has 4 unspecified atom stereocenters. The van der Waals surface area contributed by atoms with Gasteiger partial charge >= 0.3 is 11.9 Å². The Labute approximate surface area is 184 Å². The van der Waals surface area contributed by atoms with E-state index in [1.807, 2.05) is 6.07 Å². The molecule has 8 N–H and O–H groups in total. The lowest BCUT2D eigenvalue weighted by Crippen LogP contribution is -2.57. The van der Waals surface area contributed by atoms with Crippen molar-refractivity contribution in [3.63, 3.8) is 0 Å². The minimum atomic E-state index is -1.52. The molecule has 0 heterocycles. The zero-order valence-corrected chi connectivity index (χ0v) is 17.5. The predicted octanol–water partition coefficient (Wildman–Crippen LogP) is -2.03. The fourth-order valence-corrected chi connectivity index (χ4v) is 2.68. The van der Waals surface area contributed by atoms with Crippen LogP contribution in [0.2, 0.25) is 0 Å². The standard InChI is InChI=1S/C20H28N4O8/c1-11(25)17(19(30)23-14(20(31)32)7-8-16(27)28)24-15(26)10-22-18(29)13(21)9-12-5-3-2-4-6-12/h2-6,11,13-14,17,25H,7-10,21H2,1H3,(H,22,29)(H,23,30)(H,24,26)(H,27,28)(H,31,32). The fraction of sp³-hybridized carbons (Fsp3) is 0.450. The van der Waals surface area contributed by atoms with Crippen LogP contribution >= 0.6 is 0 Å². The van der Waals surface area contributed by atoms with E-state index in [-0.39, 0.29) is 12.8 Å². The lowest BCUT2D eigenvalue weighted by Gasteiger charge is -2.23. The molecule has 0 aliphatic rings. The molecular weight excluding hydrogens is 424 g/mol. The molecule has 0 saturated carbocycles. The Kier molecular flexibility index (Phi) is 10.8. The van der Waals surface area contributed by atoms with E-state index in [1.165, 1.54) is 6.92 Å². The van der Waals surface area contributed by atoms with E-state index in [0.717, 1.165) is 5.56 Å². The van der Waals surface area contributed by atoms with Crippen molar-refractivity contribution in [1.82, 2.24) is 16.0 Å². The molecule has 0 aromatic heterocycles. The molecule has 0 fully saturated rings. The van der Waals surface area contributed by atoms with Gasteiger partial charge in [-0.15, -0.1) is 0 Å². The molecule has 176 valence electrons. The van der Waals surface area contributed by atoms with Gasteiger partial charge in [0.1, 0.15) is 12.1 Å². The number of benzene rings is 1. The second-order valence-electron chi connectivity index (χ2n) is 7.13. The lowest BCUT2D eigenvalue weighted by atomic mass is 10.1. The number of carboxylic acids is 2. The van der Waals surface area contributed by atoms with Gasteiger partial charge in [0.2, 0.25) is 17.7 Å². The van der Waals surface area contributed by atoms with E-state index < -0.39 is 66.9 Å². The Balaban J connectivity index is 2.60. The summed E-state index contributed by atoms with van der Waals surface area (Å²) in [7, 11) is 0. The third-order valence-electron chi connectivity index (χ3n) is 4.40. The molecule has 0 radical (unpaired) electrons. The smallest absolute Gasteiger partial charge is 0.326 e. The fourth-order valence-electron chi connectivity index (χ4n) is 2.68. The molecule has 0 saturated heterocycles. The first-order valence-electron chi connectivity index (χ1n) is 9.80. The van der Waals surface area contributed by atoms with Crippen molar-refractivity contribution < 1.29 is 39.3 Å². The van der Waals surface area contributed by atoms with Crippen LogP contribution in [0.5, 0.6) is 0 Å². The quantitative estimate of drug-likeness (QED) is 0.176. The molecule has 12 nitrogen and oxygen atoms in total. The highest BCUT2D eigenvalue weighted by Crippen LogP contribution is 2.03. The van der Waals surface area contributed by atoms with Crippen molar-refractivity contribution >= 4 is 29.7 Å². The summed E-state index contributed by atoms with van der Waals surface area (Å²) < 4.78 is 0. The summed E-state index contributed by atoms with van der Waals surface area (Å²) in [5, 5.41) is 34.2. The molecule has 12 heteroatoms. The van der Waals surface area contributed by atoms with Crippen molar-refractivity contribution in [2.24, 2.45) is 5.73 Å². The molecule has 1 aromatic rings. The molecule has 0 bridgehead atoms. The minimum Gasteiger partial charge on any atom is -0.481 e. The van der Waals surface area contributed by atoms with Crippen molar-refractivity contribution in [3.05, 3.63) is 35.9 Å². The molecule has 4 atom stereocenters. The second-order valence-corrected chi connectivity index (χ2v) is 7.13. The van der Waals surface area contributed by atoms with Crippen LogP contribution in [0.15, 0.2) is 30.3 Å². The molecule has 0 spiro atoms. The summed E-state index contributed by atoms with van der Waals surface area (Å²) in [6.07, 6.45) is -2.03. The van der Waals surface area contributed by atoms with Gasteiger partial charge in [-0.1, -0.05) is 30.3 Å². The Bertz CT molecular complexity index is 815. The number of carboxylic acid groups (broad SMARTS) is 2. The highest BCUT2D eigenvalue weighted by Gasteiger charge is 2.30. The number of aliphatic hydroxyl groups excluding tert-OH is 1. The van der Waals surface area contributed by atoms with Crippen molar-refractivity contribution in [2.45, 2.75) is 50.4 Å². The van der Waals surface area contributed by atoms with E-state index in [2.05, 4.69) is 16.0 Å². The normalized spacial score (nSPS) is 14.3. The van der Waals surface area contributed by atoms with E-state index >= 15 is 0 Å². The van der Waals surface area contributed by atoms with E-state index in [0.29, 0.717) is 0 Å². The highest BCUT2D eigenvalue weighted by molar-refractivity contribution is 5.93. The van der Waals surface area contributed by atoms with Crippen LogP contribution in [0, 0.1) is 0 Å². The van der Waals surface area contributed by atoms with Gasteiger partial charge in [0.25, 0.3) is 0 Å². The number of nitrogens with two attached hydrogens (primary N) is 1. The third kappa shape index (κ3) is 9.53. The molecule has 1 aromatic carbocycles. The van der Waals surface area contributed by atoms with Gasteiger partial charge in [-0.05, 0) is 25.3 Å². The number of aliphatic carboxylic acids is 2. The average Bonchev–Trinajstić information content (AvgIpc) is 2.73. The average molecular weight is 452 g/mol. The summed E-state index contributed by atoms with van der Waals surface area (Å²) in [6.45, 7) is 0.672. The second kappa shape index (κ2) is 13.0. The van der Waals surface area contributed by atoms with Crippen LogP contribution in [-0.2, 0) is 30.4 Å². The molecule has 0 aliphatic heterocycles.